The Morgan fingerprint density at radius 1 is 1.67 bits per heavy atom. The van der Waals surface area contributed by atoms with E-state index in [0.29, 0.717) is 17.4 Å². The van der Waals surface area contributed by atoms with E-state index in [1.807, 2.05) is 13.8 Å². The van der Waals surface area contributed by atoms with E-state index in [-0.39, 0.29) is 0 Å². The van der Waals surface area contributed by atoms with Gasteiger partial charge in [0.25, 0.3) is 5.22 Å². The Labute approximate surface area is 92.1 Å². The summed E-state index contributed by atoms with van der Waals surface area (Å²) in [6.07, 6.45) is 0.403. The van der Waals surface area contributed by atoms with Crippen molar-refractivity contribution in [2.45, 2.75) is 31.5 Å². The highest BCUT2D eigenvalue weighted by molar-refractivity contribution is 7.99. The van der Waals surface area contributed by atoms with Gasteiger partial charge in [0.05, 0.1) is 5.69 Å². The monoisotopic (exact) mass is 230 g/mol. The van der Waals surface area contributed by atoms with Crippen molar-refractivity contribution < 1.29 is 14.3 Å². The topological polar surface area (TPSA) is 89.3 Å². The number of rotatable bonds is 5. The number of carboxylic acids is 1. The Morgan fingerprint density at radius 3 is 2.80 bits per heavy atom. The second kappa shape index (κ2) is 5.18. The summed E-state index contributed by atoms with van der Waals surface area (Å²) in [5.41, 5.74) is 6.21. The van der Waals surface area contributed by atoms with Crippen LogP contribution in [0.15, 0.2) is 9.64 Å². The summed E-state index contributed by atoms with van der Waals surface area (Å²) >= 11 is 1.38. The summed E-state index contributed by atoms with van der Waals surface area (Å²) in [7, 11) is 0. The van der Waals surface area contributed by atoms with Gasteiger partial charge in [-0.2, -0.15) is 0 Å². The zero-order valence-corrected chi connectivity index (χ0v) is 9.50. The molecule has 0 aromatic carbocycles. The maximum Gasteiger partial charge on any atom is 0.320 e. The van der Waals surface area contributed by atoms with E-state index in [2.05, 4.69) is 4.98 Å². The zero-order valence-electron chi connectivity index (χ0n) is 8.69. The number of aryl methyl sites for hydroxylation is 2. The molecule has 3 N–H and O–H groups in total. The summed E-state index contributed by atoms with van der Waals surface area (Å²) in [6.45, 7) is 3.71. The minimum atomic E-state index is -0.977. The number of oxazole rings is 1. The van der Waals surface area contributed by atoms with Crippen LogP contribution in [-0.2, 0) is 4.79 Å². The molecule has 0 amide bonds. The minimum Gasteiger partial charge on any atom is -0.480 e. The van der Waals surface area contributed by atoms with Crippen molar-refractivity contribution in [2.24, 2.45) is 5.73 Å². The number of nitrogens with two attached hydrogens (primary N) is 1. The number of aromatic nitrogens is 1. The molecule has 0 aliphatic rings. The van der Waals surface area contributed by atoms with Crippen molar-refractivity contribution in [1.29, 1.82) is 0 Å². The number of aliphatic carboxylic acids is 1. The molecule has 84 valence electrons. The Kier molecular flexibility index (Phi) is 4.16. The average Bonchev–Trinajstić information content (AvgIpc) is 2.46. The molecule has 0 bridgehead atoms. The third-order valence-electron chi connectivity index (χ3n) is 1.98. The van der Waals surface area contributed by atoms with E-state index in [1.54, 1.807) is 0 Å². The Balaban J connectivity index is 2.35. The van der Waals surface area contributed by atoms with Crippen LogP contribution in [0.1, 0.15) is 17.9 Å². The Bertz CT molecular complexity index is 332. The standard InChI is InChI=1S/C9H14N2O3S/c1-5-6(2)14-9(11-5)15-4-3-7(10)8(12)13/h7H,3-4,10H2,1-2H3,(H,12,13). The molecular formula is C9H14N2O3S. The fraction of sp³-hybridized carbons (Fsp3) is 0.556. The van der Waals surface area contributed by atoms with Gasteiger partial charge in [0, 0.05) is 5.75 Å². The number of hydrogen-bond acceptors (Lipinski definition) is 5. The number of carbonyl (C=O) groups is 1. The molecule has 0 aliphatic carbocycles. The van der Waals surface area contributed by atoms with Gasteiger partial charge in [0.1, 0.15) is 11.8 Å². The van der Waals surface area contributed by atoms with Crippen LogP contribution in [0.25, 0.3) is 0 Å². The first-order valence-corrected chi connectivity index (χ1v) is 5.54. The smallest absolute Gasteiger partial charge is 0.320 e. The van der Waals surface area contributed by atoms with Gasteiger partial charge in [-0.3, -0.25) is 4.79 Å². The first-order chi connectivity index (χ1) is 7.00. The molecule has 1 aromatic rings. The lowest BCUT2D eigenvalue weighted by Crippen LogP contribution is -2.30. The van der Waals surface area contributed by atoms with Crippen LogP contribution in [0.2, 0.25) is 0 Å². The van der Waals surface area contributed by atoms with Crippen LogP contribution in [0.3, 0.4) is 0 Å². The Hall–Kier alpha value is -1.01. The van der Waals surface area contributed by atoms with Crippen molar-refractivity contribution in [2.75, 3.05) is 5.75 Å². The third-order valence-corrected chi connectivity index (χ3v) is 2.84. The van der Waals surface area contributed by atoms with Crippen LogP contribution in [0.5, 0.6) is 0 Å². The van der Waals surface area contributed by atoms with Gasteiger partial charge in [-0.1, -0.05) is 11.8 Å². The van der Waals surface area contributed by atoms with E-state index >= 15 is 0 Å². The number of thioether (sulfide) groups is 1. The van der Waals surface area contributed by atoms with Gasteiger partial charge in [-0.15, -0.1) is 0 Å². The van der Waals surface area contributed by atoms with Gasteiger partial charge >= 0.3 is 5.97 Å². The highest BCUT2D eigenvalue weighted by Crippen LogP contribution is 2.20. The molecule has 1 aromatic heterocycles. The maximum absolute atomic E-state index is 10.4. The van der Waals surface area contributed by atoms with Crippen molar-refractivity contribution in [1.82, 2.24) is 4.98 Å². The molecule has 0 saturated carbocycles. The predicted octanol–water partition coefficient (Wildman–Crippen LogP) is 1.19. The molecule has 6 heteroatoms. The fourth-order valence-corrected chi connectivity index (χ4v) is 1.83. The minimum absolute atomic E-state index is 0.403. The van der Waals surface area contributed by atoms with E-state index in [4.69, 9.17) is 15.3 Å². The first-order valence-electron chi connectivity index (χ1n) is 4.56. The van der Waals surface area contributed by atoms with E-state index in [1.165, 1.54) is 11.8 Å². The van der Waals surface area contributed by atoms with Gasteiger partial charge in [0.15, 0.2) is 0 Å². The molecule has 1 unspecified atom stereocenters. The molecule has 0 aliphatic heterocycles. The SMILES string of the molecule is Cc1nc(SCCC(N)C(=O)O)oc1C. The van der Waals surface area contributed by atoms with Crippen LogP contribution >= 0.6 is 11.8 Å². The quantitative estimate of drug-likeness (QED) is 0.738. The first kappa shape index (κ1) is 12.1. The van der Waals surface area contributed by atoms with Crippen molar-refractivity contribution in [3.05, 3.63) is 11.5 Å². The van der Waals surface area contributed by atoms with Crippen LogP contribution < -0.4 is 5.73 Å². The van der Waals surface area contributed by atoms with Gasteiger partial charge in [-0.25, -0.2) is 4.98 Å². The van der Waals surface area contributed by atoms with E-state index in [9.17, 15) is 4.79 Å². The van der Waals surface area contributed by atoms with E-state index < -0.39 is 12.0 Å². The van der Waals surface area contributed by atoms with Crippen LogP contribution in [0.4, 0.5) is 0 Å². The van der Waals surface area contributed by atoms with Crippen molar-refractivity contribution in [3.8, 4) is 0 Å². The predicted molar refractivity (Wildman–Crippen MR) is 56.9 cm³/mol. The lowest BCUT2D eigenvalue weighted by molar-refractivity contribution is -0.138. The van der Waals surface area contributed by atoms with Crippen LogP contribution in [0, 0.1) is 13.8 Å². The summed E-state index contributed by atoms with van der Waals surface area (Å²) in [5, 5.41) is 9.13. The summed E-state index contributed by atoms with van der Waals surface area (Å²) < 4.78 is 5.32. The molecule has 1 atom stereocenters. The molecule has 1 rings (SSSR count). The van der Waals surface area contributed by atoms with Crippen molar-refractivity contribution >= 4 is 17.7 Å². The molecule has 0 saturated heterocycles. The lowest BCUT2D eigenvalue weighted by atomic mass is 10.2. The number of hydrogen-bond donors (Lipinski definition) is 2. The lowest BCUT2D eigenvalue weighted by Gasteiger charge is -2.03. The highest BCUT2D eigenvalue weighted by Gasteiger charge is 2.12. The summed E-state index contributed by atoms with van der Waals surface area (Å²) in [6, 6.07) is -0.811. The fourth-order valence-electron chi connectivity index (χ4n) is 0.902. The molecule has 0 radical (unpaired) electrons. The van der Waals surface area contributed by atoms with Crippen molar-refractivity contribution in [3.63, 3.8) is 0 Å². The Morgan fingerprint density at radius 2 is 2.33 bits per heavy atom. The normalized spacial score (nSPS) is 12.7. The molecule has 0 fully saturated rings. The maximum atomic E-state index is 10.4. The van der Waals surface area contributed by atoms with Gasteiger partial charge < -0.3 is 15.3 Å². The zero-order chi connectivity index (χ0) is 11.4. The van der Waals surface area contributed by atoms with Crippen LogP contribution in [-0.4, -0.2) is 27.9 Å². The molecule has 1 heterocycles. The second-order valence-electron chi connectivity index (χ2n) is 3.20. The largest absolute Gasteiger partial charge is 0.480 e. The third kappa shape index (κ3) is 3.56. The molecule has 15 heavy (non-hydrogen) atoms. The molecular weight excluding hydrogens is 216 g/mol. The van der Waals surface area contributed by atoms with Gasteiger partial charge in [-0.05, 0) is 20.3 Å². The summed E-state index contributed by atoms with van der Waals surface area (Å²) in [5.74, 6) is 0.405. The van der Waals surface area contributed by atoms with E-state index in [0.717, 1.165) is 11.5 Å². The molecule has 0 spiro atoms. The highest BCUT2D eigenvalue weighted by atomic mass is 32.2. The number of carboxylic acid groups (broad SMARTS) is 1. The average molecular weight is 230 g/mol. The van der Waals surface area contributed by atoms with Gasteiger partial charge in [0.2, 0.25) is 0 Å². The summed E-state index contributed by atoms with van der Waals surface area (Å²) in [4.78, 5) is 14.6. The number of nitrogens with zero attached hydrogens (tertiary/aromatic N) is 1. The molecule has 5 nitrogen and oxygen atoms in total. The second-order valence-corrected chi connectivity index (χ2v) is 4.25.